The van der Waals surface area contributed by atoms with Crippen molar-refractivity contribution in [3.8, 4) is 0 Å². The lowest BCUT2D eigenvalue weighted by Crippen LogP contribution is -2.33. The van der Waals surface area contributed by atoms with E-state index in [0.717, 1.165) is 5.56 Å². The normalized spacial score (nSPS) is 21.7. The quantitative estimate of drug-likeness (QED) is 0.567. The summed E-state index contributed by atoms with van der Waals surface area (Å²) in [5.41, 5.74) is 1.57. The van der Waals surface area contributed by atoms with E-state index in [9.17, 15) is 26.3 Å². The molecule has 1 aliphatic carbocycles. The molecule has 0 N–H and O–H groups in total. The van der Waals surface area contributed by atoms with E-state index < -0.39 is 37.8 Å². The molecule has 0 spiro atoms. The maximum absolute atomic E-state index is 12.3. The van der Waals surface area contributed by atoms with Gasteiger partial charge in [0.15, 0.2) is 6.29 Å². The molecule has 1 aliphatic rings. The van der Waals surface area contributed by atoms with Crippen molar-refractivity contribution in [1.82, 2.24) is 0 Å². The van der Waals surface area contributed by atoms with Gasteiger partial charge in [-0.1, -0.05) is 31.2 Å². The van der Waals surface area contributed by atoms with Crippen molar-refractivity contribution in [2.75, 3.05) is 13.2 Å². The summed E-state index contributed by atoms with van der Waals surface area (Å²) in [7, 11) is 0. The van der Waals surface area contributed by atoms with Crippen molar-refractivity contribution in [2.45, 2.75) is 43.8 Å². The van der Waals surface area contributed by atoms with Crippen LogP contribution in [0, 0.1) is 0 Å². The van der Waals surface area contributed by atoms with Gasteiger partial charge in [0, 0.05) is 5.92 Å². The van der Waals surface area contributed by atoms with Gasteiger partial charge < -0.3 is 9.47 Å². The van der Waals surface area contributed by atoms with Gasteiger partial charge in [0.25, 0.3) is 0 Å². The summed E-state index contributed by atoms with van der Waals surface area (Å²) in [5.74, 6) is -0.645. The van der Waals surface area contributed by atoms with Crippen LogP contribution in [0.4, 0.5) is 26.3 Å². The SMILES string of the molecule is C[C@H]1C[C@@H](C(OCC(F)(F)F)OCC(F)(F)F)c2ccccc21. The van der Waals surface area contributed by atoms with E-state index in [2.05, 4.69) is 9.47 Å². The number of fused-ring (bicyclic) bond motifs is 1. The molecule has 0 heterocycles. The Morgan fingerprint density at radius 3 is 1.91 bits per heavy atom. The molecule has 2 rings (SSSR count). The highest BCUT2D eigenvalue weighted by Crippen LogP contribution is 2.44. The van der Waals surface area contributed by atoms with E-state index in [1.54, 1.807) is 18.2 Å². The Labute approximate surface area is 129 Å². The Balaban J connectivity index is 2.16. The topological polar surface area (TPSA) is 18.5 Å². The number of hydrogen-bond acceptors (Lipinski definition) is 2. The average molecular weight is 342 g/mol. The van der Waals surface area contributed by atoms with Crippen molar-refractivity contribution in [1.29, 1.82) is 0 Å². The fourth-order valence-corrected chi connectivity index (χ4v) is 2.82. The summed E-state index contributed by atoms with van der Waals surface area (Å²) >= 11 is 0. The molecular weight excluding hydrogens is 326 g/mol. The van der Waals surface area contributed by atoms with Crippen molar-refractivity contribution in [2.24, 2.45) is 0 Å². The second-order valence-corrected chi connectivity index (χ2v) is 5.59. The third kappa shape index (κ3) is 5.10. The average Bonchev–Trinajstić information content (AvgIpc) is 2.75. The largest absolute Gasteiger partial charge is 0.411 e. The van der Waals surface area contributed by atoms with E-state index in [-0.39, 0.29) is 5.92 Å². The predicted octanol–water partition coefficient (Wildman–Crippen LogP) is 4.76. The van der Waals surface area contributed by atoms with Gasteiger partial charge in [-0.2, -0.15) is 26.3 Å². The first-order valence-electron chi connectivity index (χ1n) is 7.02. The van der Waals surface area contributed by atoms with Crippen LogP contribution in [0.1, 0.15) is 36.3 Å². The minimum absolute atomic E-state index is 0.0164. The van der Waals surface area contributed by atoms with Crippen LogP contribution in [0.5, 0.6) is 0 Å². The Morgan fingerprint density at radius 2 is 1.43 bits per heavy atom. The smallest absolute Gasteiger partial charge is 0.343 e. The van der Waals surface area contributed by atoms with Crippen LogP contribution in [-0.4, -0.2) is 31.9 Å². The zero-order chi connectivity index (χ0) is 17.3. The van der Waals surface area contributed by atoms with Gasteiger partial charge in [-0.15, -0.1) is 0 Å². The van der Waals surface area contributed by atoms with Crippen LogP contribution < -0.4 is 0 Å². The Morgan fingerprint density at radius 1 is 0.957 bits per heavy atom. The summed E-state index contributed by atoms with van der Waals surface area (Å²) in [5, 5.41) is 0. The van der Waals surface area contributed by atoms with Gasteiger partial charge in [-0.3, -0.25) is 0 Å². The molecule has 0 unspecified atom stereocenters. The lowest BCUT2D eigenvalue weighted by molar-refractivity contribution is -0.264. The summed E-state index contributed by atoms with van der Waals surface area (Å²) in [6, 6.07) is 6.96. The van der Waals surface area contributed by atoms with Crippen molar-refractivity contribution in [3.05, 3.63) is 35.4 Å². The highest BCUT2D eigenvalue weighted by atomic mass is 19.4. The zero-order valence-electron chi connectivity index (χ0n) is 12.2. The van der Waals surface area contributed by atoms with Crippen LogP contribution in [0.15, 0.2) is 24.3 Å². The molecule has 1 aromatic rings. The van der Waals surface area contributed by atoms with Gasteiger partial charge in [0.05, 0.1) is 0 Å². The molecule has 0 bridgehead atoms. The van der Waals surface area contributed by atoms with Gasteiger partial charge in [-0.25, -0.2) is 0 Å². The molecule has 0 radical (unpaired) electrons. The molecule has 2 atom stereocenters. The van der Waals surface area contributed by atoms with E-state index in [0.29, 0.717) is 12.0 Å². The highest BCUT2D eigenvalue weighted by Gasteiger charge is 2.40. The standard InChI is InChI=1S/C15H16F6O2/c1-9-6-12(11-5-3-2-4-10(9)11)13(22-7-14(16,17)18)23-8-15(19,20)21/h2-5,9,12-13H,6-8H2,1H3/t9-,12+/m0/s1. The molecule has 0 saturated carbocycles. The highest BCUT2D eigenvalue weighted by molar-refractivity contribution is 5.38. The molecule has 0 aliphatic heterocycles. The molecular formula is C15H16F6O2. The first kappa shape index (κ1) is 18.1. The second-order valence-electron chi connectivity index (χ2n) is 5.59. The van der Waals surface area contributed by atoms with Crippen molar-refractivity contribution < 1.29 is 35.8 Å². The van der Waals surface area contributed by atoms with Crippen LogP contribution in [0.3, 0.4) is 0 Å². The molecule has 0 amide bonds. The third-order valence-electron chi connectivity index (χ3n) is 3.68. The number of rotatable bonds is 5. The van der Waals surface area contributed by atoms with E-state index >= 15 is 0 Å². The molecule has 0 saturated heterocycles. The molecule has 23 heavy (non-hydrogen) atoms. The maximum Gasteiger partial charge on any atom is 0.411 e. The minimum Gasteiger partial charge on any atom is -0.343 e. The summed E-state index contributed by atoms with van der Waals surface area (Å²) in [6.07, 6.45) is -10.5. The Hall–Kier alpha value is -1.28. The third-order valence-corrected chi connectivity index (χ3v) is 3.68. The summed E-state index contributed by atoms with van der Waals surface area (Å²) in [4.78, 5) is 0. The lowest BCUT2D eigenvalue weighted by Gasteiger charge is -2.26. The number of halogens is 6. The second kappa shape index (κ2) is 6.68. The lowest BCUT2D eigenvalue weighted by atomic mass is 10.0. The summed E-state index contributed by atoms with van der Waals surface area (Å²) in [6.45, 7) is -1.44. The molecule has 1 aromatic carbocycles. The van der Waals surface area contributed by atoms with E-state index in [4.69, 9.17) is 0 Å². The molecule has 0 aromatic heterocycles. The van der Waals surface area contributed by atoms with Crippen molar-refractivity contribution in [3.63, 3.8) is 0 Å². The number of ether oxygens (including phenoxy) is 2. The van der Waals surface area contributed by atoms with E-state index in [1.165, 1.54) is 0 Å². The fourth-order valence-electron chi connectivity index (χ4n) is 2.82. The Kier molecular flexibility index (Phi) is 5.25. The monoisotopic (exact) mass is 342 g/mol. The van der Waals surface area contributed by atoms with Crippen LogP contribution >= 0.6 is 0 Å². The first-order valence-corrected chi connectivity index (χ1v) is 7.02. The molecule has 130 valence electrons. The van der Waals surface area contributed by atoms with Gasteiger partial charge in [-0.05, 0) is 23.5 Å². The van der Waals surface area contributed by atoms with Gasteiger partial charge in [0.1, 0.15) is 13.2 Å². The first-order chi connectivity index (χ1) is 10.6. The fraction of sp³-hybridized carbons (Fsp3) is 0.600. The number of alkyl halides is 6. The Bertz CT molecular complexity index is 507. The van der Waals surface area contributed by atoms with Gasteiger partial charge >= 0.3 is 12.4 Å². The number of hydrogen-bond donors (Lipinski definition) is 0. The molecule has 2 nitrogen and oxygen atoms in total. The zero-order valence-corrected chi connectivity index (χ0v) is 12.2. The minimum atomic E-state index is -4.64. The maximum atomic E-state index is 12.3. The van der Waals surface area contributed by atoms with Gasteiger partial charge in [0.2, 0.25) is 0 Å². The van der Waals surface area contributed by atoms with Crippen LogP contribution in [0.2, 0.25) is 0 Å². The molecule has 8 heteroatoms. The number of benzene rings is 1. The van der Waals surface area contributed by atoms with E-state index in [1.807, 2.05) is 13.0 Å². The summed E-state index contributed by atoms with van der Waals surface area (Å²) < 4.78 is 83.4. The predicted molar refractivity (Wildman–Crippen MR) is 70.0 cm³/mol. The van der Waals surface area contributed by atoms with Crippen LogP contribution in [-0.2, 0) is 9.47 Å². The molecule has 0 fully saturated rings. The van der Waals surface area contributed by atoms with Crippen molar-refractivity contribution >= 4 is 0 Å². The van der Waals surface area contributed by atoms with Crippen LogP contribution in [0.25, 0.3) is 0 Å².